The first-order chi connectivity index (χ1) is 14.0. The summed E-state index contributed by atoms with van der Waals surface area (Å²) in [7, 11) is 0. The number of thioether (sulfide) groups is 1. The Labute approximate surface area is 170 Å². The maximum atomic E-state index is 13.0. The van der Waals surface area contributed by atoms with E-state index in [1.165, 1.54) is 36.0 Å². The number of ketones is 1. The van der Waals surface area contributed by atoms with Crippen LogP contribution in [0.2, 0.25) is 0 Å². The number of hydrogen-bond acceptors (Lipinski definition) is 6. The molecule has 0 aliphatic carbocycles. The van der Waals surface area contributed by atoms with Gasteiger partial charge in [-0.1, -0.05) is 30.0 Å². The lowest BCUT2D eigenvalue weighted by atomic mass is 10.1. The van der Waals surface area contributed by atoms with Gasteiger partial charge in [-0.15, -0.1) is 10.2 Å². The molecule has 29 heavy (non-hydrogen) atoms. The fourth-order valence-corrected chi connectivity index (χ4v) is 3.69. The van der Waals surface area contributed by atoms with E-state index in [0.717, 1.165) is 16.6 Å². The molecule has 0 radical (unpaired) electrons. The molecule has 2 heterocycles. The van der Waals surface area contributed by atoms with Gasteiger partial charge < -0.3 is 14.1 Å². The van der Waals surface area contributed by atoms with Gasteiger partial charge in [0.2, 0.25) is 0 Å². The summed E-state index contributed by atoms with van der Waals surface area (Å²) in [4.78, 5) is 16.0. The van der Waals surface area contributed by atoms with E-state index in [9.17, 15) is 9.18 Å². The Morgan fingerprint density at radius 2 is 1.97 bits per heavy atom. The van der Waals surface area contributed by atoms with Crippen LogP contribution in [0.5, 0.6) is 5.75 Å². The lowest BCUT2D eigenvalue weighted by Gasteiger charge is -2.10. The van der Waals surface area contributed by atoms with Gasteiger partial charge in [-0.05, 0) is 44.2 Å². The molecule has 4 rings (SSSR count). The van der Waals surface area contributed by atoms with Crippen molar-refractivity contribution >= 4 is 28.4 Å². The monoisotopic (exact) mass is 411 g/mol. The number of fused-ring (bicyclic) bond motifs is 1. The van der Waals surface area contributed by atoms with Crippen molar-refractivity contribution < 1.29 is 18.3 Å². The first-order valence-corrected chi connectivity index (χ1v) is 9.99. The molecule has 0 saturated heterocycles. The third-order valence-electron chi connectivity index (χ3n) is 4.40. The minimum atomic E-state index is -0.506. The van der Waals surface area contributed by atoms with E-state index in [1.807, 2.05) is 31.2 Å². The quantitative estimate of drug-likeness (QED) is 0.336. The van der Waals surface area contributed by atoms with Crippen molar-refractivity contribution in [2.24, 2.45) is 0 Å². The first kappa shape index (κ1) is 19.2. The van der Waals surface area contributed by atoms with Gasteiger partial charge >= 0.3 is 0 Å². The van der Waals surface area contributed by atoms with Crippen molar-refractivity contribution in [2.45, 2.75) is 25.2 Å². The molecular formula is C21H18FN3O3S. The van der Waals surface area contributed by atoms with Crippen molar-refractivity contribution in [3.05, 3.63) is 71.5 Å². The van der Waals surface area contributed by atoms with Crippen molar-refractivity contribution in [2.75, 3.05) is 5.75 Å². The average Bonchev–Trinajstić information content (AvgIpc) is 3.31. The third-order valence-corrected chi connectivity index (χ3v) is 5.21. The standard InChI is InChI=1S/C21H18FN3O3S/c1-12-19(16-5-3-4-6-17(16)23-12)18(26)11-29-21-25-24-20(28-21)13(2)27-15-9-7-14(22)8-10-15/h3-10,13,23H,11H2,1-2H3/t13-/m1/s1. The zero-order chi connectivity index (χ0) is 20.4. The van der Waals surface area contributed by atoms with Crippen molar-refractivity contribution in [3.63, 3.8) is 0 Å². The molecule has 2 aromatic carbocycles. The molecule has 0 saturated carbocycles. The number of halogens is 1. The molecule has 0 bridgehead atoms. The highest BCUT2D eigenvalue weighted by Crippen LogP contribution is 2.27. The molecule has 1 atom stereocenters. The van der Waals surface area contributed by atoms with Crippen LogP contribution in [0.4, 0.5) is 4.39 Å². The van der Waals surface area contributed by atoms with Crippen LogP contribution in [0.1, 0.15) is 35.0 Å². The molecule has 0 aliphatic heterocycles. The number of benzene rings is 2. The van der Waals surface area contributed by atoms with Gasteiger partial charge in [0.05, 0.1) is 5.75 Å². The second kappa shape index (κ2) is 8.08. The summed E-state index contributed by atoms with van der Waals surface area (Å²) in [6.45, 7) is 3.64. The number of aromatic amines is 1. The van der Waals surface area contributed by atoms with E-state index >= 15 is 0 Å². The number of nitrogens with zero attached hydrogens (tertiary/aromatic N) is 2. The predicted octanol–water partition coefficient (Wildman–Crippen LogP) is 5.11. The van der Waals surface area contributed by atoms with Crippen LogP contribution in [0.15, 0.2) is 58.2 Å². The number of H-pyrrole nitrogens is 1. The Morgan fingerprint density at radius 1 is 1.21 bits per heavy atom. The molecule has 4 aromatic rings. The van der Waals surface area contributed by atoms with Crippen molar-refractivity contribution in [1.29, 1.82) is 0 Å². The minimum absolute atomic E-state index is 0.0136. The van der Waals surface area contributed by atoms with Crippen LogP contribution in [-0.2, 0) is 0 Å². The summed E-state index contributed by atoms with van der Waals surface area (Å²) >= 11 is 1.18. The van der Waals surface area contributed by atoms with Gasteiger partial charge in [-0.25, -0.2) is 4.39 Å². The first-order valence-electron chi connectivity index (χ1n) is 9.00. The van der Waals surface area contributed by atoms with Gasteiger partial charge in [-0.3, -0.25) is 4.79 Å². The number of hydrogen-bond donors (Lipinski definition) is 1. The fourth-order valence-electron chi connectivity index (χ4n) is 3.05. The zero-order valence-corrected chi connectivity index (χ0v) is 16.6. The molecule has 0 unspecified atom stereocenters. The molecule has 8 heteroatoms. The predicted molar refractivity (Wildman–Crippen MR) is 108 cm³/mol. The largest absolute Gasteiger partial charge is 0.481 e. The van der Waals surface area contributed by atoms with E-state index in [-0.39, 0.29) is 23.2 Å². The van der Waals surface area contributed by atoms with Crippen LogP contribution >= 0.6 is 11.8 Å². The van der Waals surface area contributed by atoms with Gasteiger partial charge in [0.1, 0.15) is 11.6 Å². The van der Waals surface area contributed by atoms with E-state index in [0.29, 0.717) is 16.5 Å². The van der Waals surface area contributed by atoms with Gasteiger partial charge in [0, 0.05) is 22.2 Å². The van der Waals surface area contributed by atoms with Crippen LogP contribution in [0, 0.1) is 12.7 Å². The number of ether oxygens (including phenoxy) is 1. The fraction of sp³-hybridized carbons (Fsp3) is 0.190. The Kier molecular flexibility index (Phi) is 5.35. The number of rotatable bonds is 7. The van der Waals surface area contributed by atoms with E-state index in [4.69, 9.17) is 9.15 Å². The van der Waals surface area contributed by atoms with Gasteiger partial charge in [0.15, 0.2) is 11.9 Å². The molecule has 0 fully saturated rings. The summed E-state index contributed by atoms with van der Waals surface area (Å²) in [6.07, 6.45) is -0.506. The Hall–Kier alpha value is -3.13. The topological polar surface area (TPSA) is 81.0 Å². The summed E-state index contributed by atoms with van der Waals surface area (Å²) in [5.74, 6) is 0.609. The maximum Gasteiger partial charge on any atom is 0.277 e. The molecule has 6 nitrogen and oxygen atoms in total. The zero-order valence-electron chi connectivity index (χ0n) is 15.8. The second-order valence-corrected chi connectivity index (χ2v) is 7.43. The van der Waals surface area contributed by atoms with Gasteiger partial charge in [0.25, 0.3) is 11.1 Å². The number of carbonyl (C=O) groups excluding carboxylic acids is 1. The summed E-state index contributed by atoms with van der Waals surface area (Å²) < 4.78 is 24.3. The lowest BCUT2D eigenvalue weighted by Crippen LogP contribution is -2.03. The van der Waals surface area contributed by atoms with Gasteiger partial charge in [-0.2, -0.15) is 0 Å². The highest BCUT2D eigenvalue weighted by atomic mass is 32.2. The summed E-state index contributed by atoms with van der Waals surface area (Å²) in [6, 6.07) is 13.4. The maximum absolute atomic E-state index is 13.0. The molecule has 0 spiro atoms. The Balaban J connectivity index is 1.40. The number of aromatic nitrogens is 3. The third kappa shape index (κ3) is 4.17. The van der Waals surface area contributed by atoms with Crippen molar-refractivity contribution in [3.8, 4) is 5.75 Å². The molecule has 2 aromatic heterocycles. The molecule has 148 valence electrons. The molecule has 0 aliphatic rings. The highest BCUT2D eigenvalue weighted by molar-refractivity contribution is 7.99. The second-order valence-electron chi connectivity index (χ2n) is 6.50. The van der Waals surface area contributed by atoms with Crippen LogP contribution in [0.3, 0.4) is 0 Å². The number of aryl methyl sites for hydroxylation is 1. The van der Waals surface area contributed by atoms with Crippen LogP contribution < -0.4 is 4.74 Å². The Morgan fingerprint density at radius 3 is 2.76 bits per heavy atom. The van der Waals surface area contributed by atoms with E-state index in [1.54, 1.807) is 6.92 Å². The summed E-state index contributed by atoms with van der Waals surface area (Å²) in [5, 5.41) is 9.16. The minimum Gasteiger partial charge on any atom is -0.481 e. The van der Waals surface area contributed by atoms with Crippen LogP contribution in [-0.4, -0.2) is 26.7 Å². The van der Waals surface area contributed by atoms with Crippen molar-refractivity contribution in [1.82, 2.24) is 15.2 Å². The smallest absolute Gasteiger partial charge is 0.277 e. The highest BCUT2D eigenvalue weighted by Gasteiger charge is 2.19. The normalized spacial score (nSPS) is 12.2. The Bertz CT molecular complexity index is 1150. The summed E-state index contributed by atoms with van der Waals surface area (Å²) in [5.41, 5.74) is 2.45. The molecule has 0 amide bonds. The number of nitrogens with one attached hydrogen (secondary N) is 1. The molecular weight excluding hydrogens is 393 g/mol. The SMILES string of the molecule is Cc1[nH]c2ccccc2c1C(=O)CSc1nnc([C@@H](C)Oc2ccc(F)cc2)o1. The number of carbonyl (C=O) groups is 1. The molecule has 1 N–H and O–H groups in total. The number of Topliss-reactive ketones (excluding diaryl/α,β-unsaturated/α-hetero) is 1. The van der Waals surface area contributed by atoms with Crippen LogP contribution in [0.25, 0.3) is 10.9 Å². The van der Waals surface area contributed by atoms with E-state index < -0.39 is 6.10 Å². The van der Waals surface area contributed by atoms with E-state index in [2.05, 4.69) is 15.2 Å². The average molecular weight is 411 g/mol. The number of para-hydroxylation sites is 1. The lowest BCUT2D eigenvalue weighted by molar-refractivity contribution is 0.102.